The maximum Gasteiger partial charge on any atom is 0.137 e. The molecule has 0 aliphatic heterocycles. The summed E-state index contributed by atoms with van der Waals surface area (Å²) in [4.78, 5) is 2.46. The second-order valence-electron chi connectivity index (χ2n) is 20.0. The quantitative estimate of drug-likeness (QED) is 0.179. The van der Waals surface area contributed by atoms with Gasteiger partial charge in [0, 0.05) is 39.3 Å². The predicted octanol–water partition coefficient (Wildman–Crippen LogP) is 14.4. The molecular weight excluding hydrogens is 679 g/mol. The minimum absolute atomic E-state index is 0.111. The van der Waals surface area contributed by atoms with Crippen molar-refractivity contribution in [2.24, 2.45) is 29.1 Å². The summed E-state index contributed by atoms with van der Waals surface area (Å²) in [6, 6.07) is 48.7. The van der Waals surface area contributed by atoms with E-state index in [9.17, 15) is 0 Å². The van der Waals surface area contributed by atoms with E-state index in [1.165, 1.54) is 88.7 Å². The van der Waals surface area contributed by atoms with Gasteiger partial charge in [-0.1, -0.05) is 107 Å². The molecule has 0 radical (unpaired) electrons. The summed E-state index contributed by atoms with van der Waals surface area (Å²) in [6.07, 6.45) is 8.24. The fraction of sp³-hybridized carbons (Fsp3) is 0.333. The van der Waals surface area contributed by atoms with Gasteiger partial charge in [0.05, 0.1) is 0 Å². The van der Waals surface area contributed by atoms with Crippen molar-refractivity contribution >= 4 is 39.0 Å². The van der Waals surface area contributed by atoms with Crippen molar-refractivity contribution in [3.05, 3.63) is 150 Å². The lowest BCUT2D eigenvalue weighted by atomic mass is 9.26. The van der Waals surface area contributed by atoms with Crippen molar-refractivity contribution in [1.82, 2.24) is 0 Å². The lowest BCUT2D eigenvalue weighted by molar-refractivity contribution is -0.231. The lowest BCUT2D eigenvalue weighted by Gasteiger charge is -2.76. The Kier molecular flexibility index (Phi) is 5.98. The van der Waals surface area contributed by atoms with Crippen LogP contribution in [0.4, 0.5) is 17.1 Å². The molecule has 6 aliphatic rings. The number of benzene rings is 6. The Bertz CT molecular complexity index is 2820. The van der Waals surface area contributed by atoms with E-state index in [1.54, 1.807) is 11.1 Å². The highest BCUT2D eigenvalue weighted by molar-refractivity contribution is 6.06. The zero-order chi connectivity index (χ0) is 37.3. The molecule has 13 rings (SSSR count). The van der Waals surface area contributed by atoms with Crippen molar-refractivity contribution in [3.8, 4) is 22.3 Å². The fourth-order valence-corrected chi connectivity index (χ4v) is 14.4. The topological polar surface area (TPSA) is 16.4 Å². The van der Waals surface area contributed by atoms with Crippen molar-refractivity contribution < 1.29 is 4.42 Å². The Hall–Kier alpha value is -5.08. The molecule has 1 aromatic heterocycles. The molecule has 0 saturated heterocycles. The average molecular weight is 728 g/mol. The van der Waals surface area contributed by atoms with Crippen LogP contribution in [0.5, 0.6) is 0 Å². The molecule has 1 heterocycles. The number of hydrogen-bond acceptors (Lipinski definition) is 2. The van der Waals surface area contributed by atoms with Crippen molar-refractivity contribution in [1.29, 1.82) is 0 Å². The Morgan fingerprint density at radius 1 is 0.536 bits per heavy atom. The zero-order valence-electron chi connectivity index (χ0n) is 33.0. The molecule has 2 bridgehead atoms. The maximum atomic E-state index is 6.48. The number of anilines is 3. The summed E-state index contributed by atoms with van der Waals surface area (Å²) in [6.45, 7) is 9.69. The van der Waals surface area contributed by atoms with E-state index in [1.807, 2.05) is 0 Å². The second kappa shape index (κ2) is 10.5. The van der Waals surface area contributed by atoms with Crippen LogP contribution in [0.3, 0.4) is 0 Å². The first kappa shape index (κ1) is 32.1. The Balaban J connectivity index is 0.965. The number of rotatable bonds is 4. The van der Waals surface area contributed by atoms with Gasteiger partial charge in [-0.25, -0.2) is 0 Å². The van der Waals surface area contributed by atoms with Crippen LogP contribution in [0.15, 0.2) is 132 Å². The highest BCUT2D eigenvalue weighted by atomic mass is 16.3. The zero-order valence-corrected chi connectivity index (χ0v) is 33.0. The van der Waals surface area contributed by atoms with E-state index in [4.69, 9.17) is 4.42 Å². The molecule has 6 aromatic carbocycles. The first-order valence-corrected chi connectivity index (χ1v) is 21.4. The number of furan rings is 1. The third-order valence-electron chi connectivity index (χ3n) is 16.8. The smallest absolute Gasteiger partial charge is 0.137 e. The molecule has 2 nitrogen and oxygen atoms in total. The molecule has 2 spiro atoms. The van der Waals surface area contributed by atoms with Crippen molar-refractivity contribution in [3.63, 3.8) is 0 Å². The van der Waals surface area contributed by atoms with Gasteiger partial charge in [0.25, 0.3) is 0 Å². The van der Waals surface area contributed by atoms with Gasteiger partial charge in [-0.3, -0.25) is 0 Å². The Labute approximate surface area is 330 Å². The molecule has 0 amide bonds. The van der Waals surface area contributed by atoms with E-state index in [2.05, 4.69) is 160 Å². The first-order chi connectivity index (χ1) is 27.2. The third-order valence-corrected chi connectivity index (χ3v) is 16.8. The van der Waals surface area contributed by atoms with E-state index in [-0.39, 0.29) is 16.2 Å². The number of para-hydroxylation sites is 1. The third kappa shape index (κ3) is 3.76. The summed E-state index contributed by atoms with van der Waals surface area (Å²) in [7, 11) is 0. The average Bonchev–Trinajstić information content (AvgIpc) is 3.94. The monoisotopic (exact) mass is 727 g/mol. The van der Waals surface area contributed by atoms with Crippen LogP contribution >= 0.6 is 0 Å². The van der Waals surface area contributed by atoms with Crippen LogP contribution in [0, 0.1) is 29.1 Å². The molecular formula is C54H49NO. The molecule has 4 fully saturated rings. The van der Waals surface area contributed by atoms with E-state index < -0.39 is 0 Å². The van der Waals surface area contributed by atoms with Crippen LogP contribution < -0.4 is 4.90 Å². The molecule has 276 valence electrons. The Morgan fingerprint density at radius 3 is 2.07 bits per heavy atom. The predicted molar refractivity (Wildman–Crippen MR) is 230 cm³/mol. The summed E-state index contributed by atoms with van der Waals surface area (Å²) in [5.41, 5.74) is 18.4. The standard InChI is InChI=1S/C54H49NO/c1-51(2)24-25-52(3,4)45-29-36(21-23-44(45)51)55(37-20-22-41-40-11-6-8-15-46(40)56-47(41)30-37)35-18-16-33(17-19-35)38-12-9-13-42-39-10-5-7-14-43(39)54(50(38)42)48-27-32-26-34-28-49(54)53(34,48)31-32/h5-23,29-30,32,34,48-49H,24-28,31H2,1-4H3. The summed E-state index contributed by atoms with van der Waals surface area (Å²) < 4.78 is 6.48. The highest BCUT2D eigenvalue weighted by Gasteiger charge is 2.84. The molecule has 0 N–H and O–H groups in total. The summed E-state index contributed by atoms with van der Waals surface area (Å²) in [5.74, 6) is 3.51. The second-order valence-corrected chi connectivity index (χ2v) is 20.0. The number of nitrogens with zero attached hydrogens (tertiary/aromatic N) is 1. The van der Waals surface area contributed by atoms with E-state index in [0.29, 0.717) is 5.41 Å². The van der Waals surface area contributed by atoms with Gasteiger partial charge in [-0.15, -0.1) is 0 Å². The van der Waals surface area contributed by atoms with Gasteiger partial charge in [-0.2, -0.15) is 0 Å². The van der Waals surface area contributed by atoms with Gasteiger partial charge in [-0.05, 0) is 165 Å². The number of fused-ring (bicyclic) bond motifs is 12. The van der Waals surface area contributed by atoms with E-state index in [0.717, 1.165) is 45.9 Å². The van der Waals surface area contributed by atoms with Crippen LogP contribution in [-0.4, -0.2) is 0 Å². The summed E-state index contributed by atoms with van der Waals surface area (Å²) >= 11 is 0. The first-order valence-electron chi connectivity index (χ1n) is 21.4. The molecule has 6 unspecified atom stereocenters. The minimum Gasteiger partial charge on any atom is -0.456 e. The molecule has 7 aromatic rings. The fourth-order valence-electron chi connectivity index (χ4n) is 14.4. The molecule has 56 heavy (non-hydrogen) atoms. The van der Waals surface area contributed by atoms with Gasteiger partial charge in [0.1, 0.15) is 11.2 Å². The SMILES string of the molecule is CC1(C)CCC(C)(C)c2cc(N(c3ccc(-c4cccc5c4C4(c6ccccc6-5)C5CC6CC7CC4C75C6)cc3)c3ccc4c(c3)oc3ccccc34)ccc21. The molecule has 6 aliphatic carbocycles. The van der Waals surface area contributed by atoms with E-state index >= 15 is 0 Å². The van der Waals surface area contributed by atoms with Gasteiger partial charge >= 0.3 is 0 Å². The molecule has 4 saturated carbocycles. The lowest BCUT2D eigenvalue weighted by Crippen LogP contribution is -2.73. The van der Waals surface area contributed by atoms with Gasteiger partial charge < -0.3 is 9.32 Å². The van der Waals surface area contributed by atoms with Gasteiger partial charge in [0.2, 0.25) is 0 Å². The highest BCUT2D eigenvalue weighted by Crippen LogP contribution is 2.90. The van der Waals surface area contributed by atoms with Crippen LogP contribution in [-0.2, 0) is 16.2 Å². The normalized spacial score (nSPS) is 29.1. The molecule has 2 heteroatoms. The van der Waals surface area contributed by atoms with Crippen LogP contribution in [0.25, 0.3) is 44.2 Å². The summed E-state index contributed by atoms with van der Waals surface area (Å²) in [5, 5.41) is 2.32. The minimum atomic E-state index is 0.111. The van der Waals surface area contributed by atoms with Crippen molar-refractivity contribution in [2.75, 3.05) is 4.90 Å². The van der Waals surface area contributed by atoms with Crippen molar-refractivity contribution in [2.45, 2.75) is 82.5 Å². The van der Waals surface area contributed by atoms with Crippen LogP contribution in [0.2, 0.25) is 0 Å². The maximum absolute atomic E-state index is 6.48. The largest absolute Gasteiger partial charge is 0.456 e. The number of hydrogen-bond donors (Lipinski definition) is 0. The Morgan fingerprint density at radius 2 is 1.21 bits per heavy atom. The van der Waals surface area contributed by atoms with Crippen LogP contribution in [0.1, 0.15) is 88.5 Å². The molecule has 6 atom stereocenters. The van der Waals surface area contributed by atoms with Gasteiger partial charge in [0.15, 0.2) is 0 Å².